The highest BCUT2D eigenvalue weighted by atomic mass is 16.7. The van der Waals surface area contributed by atoms with E-state index in [4.69, 9.17) is 19.0 Å². The van der Waals surface area contributed by atoms with E-state index in [1.54, 1.807) is 7.11 Å². The molecule has 2 fully saturated rings. The summed E-state index contributed by atoms with van der Waals surface area (Å²) in [5.74, 6) is 0.883. The number of nitrogens with zero attached hydrogens (tertiary/aromatic N) is 4. The predicted octanol–water partition coefficient (Wildman–Crippen LogP) is 2.45. The Morgan fingerprint density at radius 3 is 2.45 bits per heavy atom. The van der Waals surface area contributed by atoms with E-state index in [2.05, 4.69) is 24.8 Å². The van der Waals surface area contributed by atoms with Crippen LogP contribution in [0.25, 0.3) is 0 Å². The fourth-order valence-electron chi connectivity index (χ4n) is 4.33. The first kappa shape index (κ1) is 25.5. The molecule has 33 heavy (non-hydrogen) atoms. The molecule has 1 aromatic rings. The molecule has 0 aliphatic carbocycles. The van der Waals surface area contributed by atoms with Crippen molar-refractivity contribution in [3.8, 4) is 6.07 Å². The fourth-order valence-corrected chi connectivity index (χ4v) is 4.33. The van der Waals surface area contributed by atoms with Crippen molar-refractivity contribution in [1.29, 1.82) is 5.26 Å². The molecule has 1 unspecified atom stereocenters. The van der Waals surface area contributed by atoms with Gasteiger partial charge in [0.25, 0.3) is 0 Å². The van der Waals surface area contributed by atoms with Crippen molar-refractivity contribution in [3.05, 3.63) is 17.3 Å². The zero-order chi connectivity index (χ0) is 24.6. The van der Waals surface area contributed by atoms with Crippen LogP contribution in [0.3, 0.4) is 0 Å². The average molecular weight is 456 g/mol. The largest absolute Gasteiger partial charge is 0.496 e. The molecule has 2 aliphatic heterocycles. The van der Waals surface area contributed by atoms with Crippen molar-refractivity contribution in [2.45, 2.75) is 78.0 Å². The summed E-state index contributed by atoms with van der Waals surface area (Å²) >= 11 is 0. The molecule has 9 heteroatoms. The van der Waals surface area contributed by atoms with Crippen LogP contribution in [0.5, 0.6) is 0 Å². The van der Waals surface area contributed by atoms with Gasteiger partial charge in [0.05, 0.1) is 29.8 Å². The second-order valence-electron chi connectivity index (χ2n) is 10.3. The molecule has 0 N–H and O–H groups in total. The lowest BCUT2D eigenvalue weighted by Gasteiger charge is -2.41. The number of hydrogen-bond donors (Lipinski definition) is 0. The Hall–Kier alpha value is -2.15. The lowest BCUT2D eigenvalue weighted by Crippen LogP contribution is -2.54. The first-order chi connectivity index (χ1) is 15.4. The molecule has 0 spiro atoms. The molecule has 3 heterocycles. The monoisotopic (exact) mass is 456 g/mol. The second-order valence-corrected chi connectivity index (χ2v) is 10.3. The van der Waals surface area contributed by atoms with E-state index >= 15 is 0 Å². The van der Waals surface area contributed by atoms with Crippen LogP contribution in [0.15, 0.2) is 6.07 Å². The summed E-state index contributed by atoms with van der Waals surface area (Å²) in [7, 11) is 1.03. The van der Waals surface area contributed by atoms with E-state index in [9.17, 15) is 10.1 Å². The normalized spacial score (nSPS) is 22.1. The van der Waals surface area contributed by atoms with Gasteiger partial charge >= 0.3 is 7.12 Å². The number of ether oxygens (including phenoxy) is 1. The number of carbonyl (C=O) groups is 1. The van der Waals surface area contributed by atoms with Gasteiger partial charge in [0.15, 0.2) is 0 Å². The van der Waals surface area contributed by atoms with E-state index in [-0.39, 0.29) is 17.9 Å². The average Bonchev–Trinajstić information content (AvgIpc) is 2.97. The number of amides is 1. The molecule has 0 saturated carbocycles. The van der Waals surface area contributed by atoms with Crippen LogP contribution in [0.1, 0.15) is 72.1 Å². The smallest absolute Gasteiger partial charge is 0.399 e. The molecule has 2 aliphatic rings. The first-order valence-corrected chi connectivity index (χ1v) is 11.8. The van der Waals surface area contributed by atoms with Gasteiger partial charge in [0.2, 0.25) is 5.91 Å². The maximum atomic E-state index is 12.5. The molecule has 180 valence electrons. The molecular formula is C24H37BN4O4. The summed E-state index contributed by atoms with van der Waals surface area (Å²) in [5.41, 5.74) is 1.23. The Morgan fingerprint density at radius 1 is 1.30 bits per heavy atom. The minimum atomic E-state index is -0.574. The molecule has 1 aromatic heterocycles. The van der Waals surface area contributed by atoms with E-state index in [0.29, 0.717) is 44.0 Å². The van der Waals surface area contributed by atoms with Gasteiger partial charge in [0.1, 0.15) is 11.9 Å². The molecule has 1 amide bonds. The fraction of sp³-hybridized carbons (Fsp3) is 0.708. The van der Waals surface area contributed by atoms with Gasteiger partial charge in [-0.05, 0) is 46.6 Å². The van der Waals surface area contributed by atoms with Gasteiger partial charge in [-0.1, -0.05) is 13.8 Å². The van der Waals surface area contributed by atoms with Crippen LogP contribution in [0, 0.1) is 11.3 Å². The van der Waals surface area contributed by atoms with E-state index in [1.165, 1.54) is 0 Å². The molecule has 2 saturated heterocycles. The van der Waals surface area contributed by atoms with Crippen molar-refractivity contribution in [2.24, 2.45) is 0 Å². The topological polar surface area (TPSA) is 87.9 Å². The Kier molecular flexibility index (Phi) is 7.42. The summed E-state index contributed by atoms with van der Waals surface area (Å²) in [5, 5.41) is 9.98. The van der Waals surface area contributed by atoms with E-state index in [0.717, 1.165) is 11.2 Å². The zero-order valence-electron chi connectivity index (χ0n) is 21.3. The minimum absolute atomic E-state index is 0.0155. The van der Waals surface area contributed by atoms with Crippen molar-refractivity contribution in [1.82, 2.24) is 9.88 Å². The highest BCUT2D eigenvalue weighted by Gasteiger charge is 2.52. The Balaban J connectivity index is 1.90. The number of aromatic nitrogens is 1. The quantitative estimate of drug-likeness (QED) is 0.608. The van der Waals surface area contributed by atoms with Crippen molar-refractivity contribution in [2.75, 3.05) is 38.3 Å². The molecule has 0 bridgehead atoms. The highest BCUT2D eigenvalue weighted by molar-refractivity contribution is 6.62. The lowest BCUT2D eigenvalue weighted by molar-refractivity contribution is -0.134. The Bertz CT molecular complexity index is 912. The van der Waals surface area contributed by atoms with Gasteiger partial charge in [-0.15, -0.1) is 0 Å². The van der Waals surface area contributed by atoms with Crippen molar-refractivity contribution in [3.63, 3.8) is 0 Å². The van der Waals surface area contributed by atoms with Crippen LogP contribution >= 0.6 is 0 Å². The zero-order valence-corrected chi connectivity index (χ0v) is 21.3. The number of nitriles is 1. The predicted molar refractivity (Wildman–Crippen MR) is 129 cm³/mol. The van der Waals surface area contributed by atoms with Gasteiger partial charge in [-0.2, -0.15) is 5.26 Å². The summed E-state index contributed by atoms with van der Waals surface area (Å²) in [4.78, 5) is 21.5. The van der Waals surface area contributed by atoms with Crippen molar-refractivity contribution >= 4 is 24.3 Å². The molecule has 3 rings (SSSR count). The minimum Gasteiger partial charge on any atom is -0.399 e. The summed E-state index contributed by atoms with van der Waals surface area (Å²) in [6.45, 7) is 16.5. The number of carbonyl (C=O) groups excluding carboxylic acids is 1. The third kappa shape index (κ3) is 5.03. The van der Waals surface area contributed by atoms with Gasteiger partial charge in [0, 0.05) is 43.9 Å². The molecule has 8 nitrogen and oxygen atoms in total. The maximum Gasteiger partial charge on any atom is 0.496 e. The van der Waals surface area contributed by atoms with Gasteiger partial charge < -0.3 is 23.8 Å². The SMILES string of the molecule is COCCC(=O)N1CCN(c2nc(C(C)C)c(B3OC(C)(C)C(C)(C)O3)cc2C#N)CC1C. The molecule has 0 radical (unpaired) electrons. The second kappa shape index (κ2) is 9.61. The number of hydrogen-bond acceptors (Lipinski definition) is 7. The standard InChI is InChI=1S/C24H37BN4O4/c1-16(2)21-19(25-32-23(4,5)24(6,7)33-25)13-18(14-26)22(27-21)28-10-11-29(17(3)15-28)20(30)9-12-31-8/h13,16-17H,9-12,15H2,1-8H3. The van der Waals surface area contributed by atoms with Crippen LogP contribution < -0.4 is 10.4 Å². The number of pyridine rings is 1. The van der Waals surface area contributed by atoms with Gasteiger partial charge in [-0.25, -0.2) is 4.98 Å². The third-order valence-electron chi connectivity index (χ3n) is 7.00. The van der Waals surface area contributed by atoms with E-state index in [1.807, 2.05) is 45.6 Å². The van der Waals surface area contributed by atoms with E-state index < -0.39 is 18.3 Å². The number of rotatable bonds is 6. The molecule has 1 atom stereocenters. The molecular weight excluding hydrogens is 419 g/mol. The third-order valence-corrected chi connectivity index (χ3v) is 7.00. The molecule has 0 aromatic carbocycles. The van der Waals surface area contributed by atoms with Gasteiger partial charge in [-0.3, -0.25) is 4.79 Å². The number of piperazine rings is 1. The lowest BCUT2D eigenvalue weighted by atomic mass is 9.75. The van der Waals surface area contributed by atoms with Crippen LogP contribution in [0.4, 0.5) is 5.82 Å². The first-order valence-electron chi connectivity index (χ1n) is 11.8. The summed E-state index contributed by atoms with van der Waals surface area (Å²) < 4.78 is 17.6. The number of methoxy groups -OCH3 is 1. The Morgan fingerprint density at radius 2 is 1.94 bits per heavy atom. The van der Waals surface area contributed by atoms with Crippen LogP contribution in [0.2, 0.25) is 0 Å². The van der Waals surface area contributed by atoms with Crippen LogP contribution in [-0.4, -0.2) is 73.5 Å². The summed E-state index contributed by atoms with van der Waals surface area (Å²) in [6.07, 6.45) is 0.378. The Labute approximate surface area is 198 Å². The van der Waals surface area contributed by atoms with Crippen molar-refractivity contribution < 1.29 is 18.8 Å². The van der Waals surface area contributed by atoms with Crippen LogP contribution in [-0.2, 0) is 18.8 Å². The highest BCUT2D eigenvalue weighted by Crippen LogP contribution is 2.37. The number of anilines is 1. The maximum absolute atomic E-state index is 12.5. The summed E-state index contributed by atoms with van der Waals surface area (Å²) in [6, 6.07) is 4.22.